The van der Waals surface area contributed by atoms with E-state index in [0.29, 0.717) is 0 Å². The molecular formula is C18H16N4OS. The number of hydrogen-bond acceptors (Lipinski definition) is 5. The van der Waals surface area contributed by atoms with Crippen LogP contribution in [-0.2, 0) is 5.75 Å². The van der Waals surface area contributed by atoms with Gasteiger partial charge >= 0.3 is 0 Å². The topological polar surface area (TPSA) is 52.3 Å². The molecule has 6 heteroatoms. The normalized spacial score (nSPS) is 11.2. The Hall–Kier alpha value is -2.60. The van der Waals surface area contributed by atoms with Crippen LogP contribution in [0.1, 0.15) is 11.4 Å². The second-order valence-corrected chi connectivity index (χ2v) is 6.42. The molecule has 0 fully saturated rings. The molecule has 24 heavy (non-hydrogen) atoms. The highest BCUT2D eigenvalue weighted by molar-refractivity contribution is 7.98. The Morgan fingerprint density at radius 1 is 1.08 bits per heavy atom. The van der Waals surface area contributed by atoms with E-state index in [1.54, 1.807) is 18.9 Å². The molecule has 4 rings (SSSR count). The third kappa shape index (κ3) is 2.59. The Balaban J connectivity index is 1.75. The van der Waals surface area contributed by atoms with Crippen molar-refractivity contribution in [2.45, 2.75) is 17.7 Å². The summed E-state index contributed by atoms with van der Waals surface area (Å²) in [5.74, 6) is 2.53. The largest absolute Gasteiger partial charge is 0.497 e. The van der Waals surface area contributed by atoms with E-state index in [-0.39, 0.29) is 0 Å². The van der Waals surface area contributed by atoms with Gasteiger partial charge in [-0.15, -0.1) is 10.2 Å². The van der Waals surface area contributed by atoms with Crippen molar-refractivity contribution in [2.75, 3.05) is 7.11 Å². The van der Waals surface area contributed by atoms with E-state index >= 15 is 0 Å². The van der Waals surface area contributed by atoms with Crippen molar-refractivity contribution < 1.29 is 4.74 Å². The van der Waals surface area contributed by atoms with Crippen LogP contribution in [0.25, 0.3) is 16.7 Å². The minimum atomic E-state index is 0.796. The quantitative estimate of drug-likeness (QED) is 0.529. The van der Waals surface area contributed by atoms with Crippen molar-refractivity contribution in [3.05, 3.63) is 59.9 Å². The van der Waals surface area contributed by atoms with Crippen LogP contribution in [0.2, 0.25) is 0 Å². The summed E-state index contributed by atoms with van der Waals surface area (Å²) < 4.78 is 7.35. The number of hydrogen-bond donors (Lipinski definition) is 0. The Bertz CT molecular complexity index is 1030. The molecule has 4 aromatic rings. The van der Waals surface area contributed by atoms with Crippen molar-refractivity contribution in [1.29, 1.82) is 0 Å². The van der Waals surface area contributed by atoms with E-state index in [1.807, 2.05) is 49.4 Å². The van der Waals surface area contributed by atoms with Gasteiger partial charge in [-0.05, 0) is 36.8 Å². The SMILES string of the molecule is COc1cccc(CSc2nc3ccccc3n3c(C)nnc23)c1. The van der Waals surface area contributed by atoms with Gasteiger partial charge in [-0.25, -0.2) is 4.98 Å². The molecule has 0 saturated heterocycles. The third-order valence-electron chi connectivity index (χ3n) is 3.87. The average Bonchev–Trinajstić information content (AvgIpc) is 3.02. The molecule has 2 aromatic carbocycles. The first-order chi connectivity index (χ1) is 11.8. The van der Waals surface area contributed by atoms with Crippen molar-refractivity contribution in [3.63, 3.8) is 0 Å². The standard InChI is InChI=1S/C18H16N4OS/c1-12-20-21-17-18(19-15-8-3-4-9-16(15)22(12)17)24-11-13-6-5-7-14(10-13)23-2/h3-10H,11H2,1-2H3. The van der Waals surface area contributed by atoms with E-state index in [2.05, 4.69) is 20.7 Å². The number of methoxy groups -OCH3 is 1. The Kier molecular flexibility index (Phi) is 3.82. The fourth-order valence-electron chi connectivity index (χ4n) is 2.71. The molecule has 120 valence electrons. The van der Waals surface area contributed by atoms with Crippen LogP contribution in [0, 0.1) is 6.92 Å². The van der Waals surface area contributed by atoms with Gasteiger partial charge in [0.2, 0.25) is 0 Å². The van der Waals surface area contributed by atoms with E-state index in [9.17, 15) is 0 Å². The minimum absolute atomic E-state index is 0.796. The van der Waals surface area contributed by atoms with Crippen LogP contribution in [0.5, 0.6) is 5.75 Å². The van der Waals surface area contributed by atoms with Gasteiger partial charge in [-0.3, -0.25) is 4.40 Å². The molecule has 0 aliphatic heterocycles. The number of fused-ring (bicyclic) bond motifs is 3. The zero-order chi connectivity index (χ0) is 16.5. The highest BCUT2D eigenvalue weighted by Crippen LogP contribution is 2.28. The van der Waals surface area contributed by atoms with E-state index in [4.69, 9.17) is 9.72 Å². The molecule has 2 aromatic heterocycles. The van der Waals surface area contributed by atoms with Gasteiger partial charge in [0.1, 0.15) is 16.6 Å². The summed E-state index contributed by atoms with van der Waals surface area (Å²) in [4.78, 5) is 4.78. The fraction of sp³-hybridized carbons (Fsp3) is 0.167. The second-order valence-electron chi connectivity index (χ2n) is 5.45. The lowest BCUT2D eigenvalue weighted by molar-refractivity contribution is 0.414. The summed E-state index contributed by atoms with van der Waals surface area (Å²) in [6.45, 7) is 1.96. The lowest BCUT2D eigenvalue weighted by Gasteiger charge is -2.08. The van der Waals surface area contributed by atoms with E-state index in [0.717, 1.165) is 39.0 Å². The maximum Gasteiger partial charge on any atom is 0.193 e. The fourth-order valence-corrected chi connectivity index (χ4v) is 3.61. The van der Waals surface area contributed by atoms with Crippen LogP contribution >= 0.6 is 11.8 Å². The number of ether oxygens (including phenoxy) is 1. The molecule has 0 unspecified atom stereocenters. The number of aryl methyl sites for hydroxylation is 1. The first-order valence-electron chi connectivity index (χ1n) is 7.62. The Labute approximate surface area is 143 Å². The van der Waals surface area contributed by atoms with Crippen LogP contribution in [0.15, 0.2) is 53.6 Å². The number of rotatable bonds is 4. The van der Waals surface area contributed by atoms with Crippen LogP contribution in [0.4, 0.5) is 0 Å². The van der Waals surface area contributed by atoms with E-state index in [1.165, 1.54) is 5.56 Å². The molecule has 0 bridgehead atoms. The molecule has 0 saturated carbocycles. The molecule has 0 N–H and O–H groups in total. The molecule has 2 heterocycles. The van der Waals surface area contributed by atoms with Crippen molar-refractivity contribution >= 4 is 28.4 Å². The van der Waals surface area contributed by atoms with Crippen molar-refractivity contribution in [3.8, 4) is 5.75 Å². The monoisotopic (exact) mass is 336 g/mol. The maximum atomic E-state index is 5.29. The molecule has 0 aliphatic rings. The minimum Gasteiger partial charge on any atom is -0.497 e. The van der Waals surface area contributed by atoms with Gasteiger partial charge in [0.25, 0.3) is 0 Å². The number of aromatic nitrogens is 4. The third-order valence-corrected chi connectivity index (χ3v) is 4.90. The molecule has 0 spiro atoms. The summed E-state index contributed by atoms with van der Waals surface area (Å²) in [7, 11) is 1.68. The van der Waals surface area contributed by atoms with Crippen molar-refractivity contribution in [1.82, 2.24) is 19.6 Å². The first kappa shape index (κ1) is 15.0. The lowest BCUT2D eigenvalue weighted by atomic mass is 10.2. The molecule has 0 radical (unpaired) electrons. The van der Waals surface area contributed by atoms with Gasteiger partial charge in [0.15, 0.2) is 5.65 Å². The number of benzene rings is 2. The highest BCUT2D eigenvalue weighted by Gasteiger charge is 2.13. The lowest BCUT2D eigenvalue weighted by Crippen LogP contribution is -1.96. The summed E-state index contributed by atoms with van der Waals surface area (Å²) in [6, 6.07) is 16.1. The molecule has 0 amide bonds. The second kappa shape index (κ2) is 6.13. The molecule has 0 aliphatic carbocycles. The average molecular weight is 336 g/mol. The zero-order valence-electron chi connectivity index (χ0n) is 13.4. The predicted octanol–water partition coefficient (Wildman–Crippen LogP) is 3.89. The van der Waals surface area contributed by atoms with Gasteiger partial charge in [-0.2, -0.15) is 0 Å². The highest BCUT2D eigenvalue weighted by atomic mass is 32.2. The molecule has 5 nitrogen and oxygen atoms in total. The summed E-state index contributed by atoms with van der Waals surface area (Å²) in [6.07, 6.45) is 0. The summed E-state index contributed by atoms with van der Waals surface area (Å²) >= 11 is 1.66. The van der Waals surface area contributed by atoms with Crippen LogP contribution in [0.3, 0.4) is 0 Å². The predicted molar refractivity (Wildman–Crippen MR) is 95.6 cm³/mol. The van der Waals surface area contributed by atoms with Gasteiger partial charge < -0.3 is 4.74 Å². The smallest absolute Gasteiger partial charge is 0.193 e. The first-order valence-corrected chi connectivity index (χ1v) is 8.61. The van der Waals surface area contributed by atoms with Crippen LogP contribution < -0.4 is 4.74 Å². The number of para-hydroxylation sites is 2. The maximum absolute atomic E-state index is 5.29. The van der Waals surface area contributed by atoms with Crippen LogP contribution in [-0.4, -0.2) is 26.7 Å². The Morgan fingerprint density at radius 3 is 2.83 bits per heavy atom. The van der Waals surface area contributed by atoms with Gasteiger partial charge in [0, 0.05) is 5.75 Å². The Morgan fingerprint density at radius 2 is 1.96 bits per heavy atom. The molecular weight excluding hydrogens is 320 g/mol. The van der Waals surface area contributed by atoms with Gasteiger partial charge in [-0.1, -0.05) is 36.0 Å². The van der Waals surface area contributed by atoms with Gasteiger partial charge in [0.05, 0.1) is 18.1 Å². The summed E-state index contributed by atoms with van der Waals surface area (Å²) in [5.41, 5.74) is 3.96. The summed E-state index contributed by atoms with van der Waals surface area (Å²) in [5, 5.41) is 9.43. The zero-order valence-corrected chi connectivity index (χ0v) is 14.2. The van der Waals surface area contributed by atoms with Crippen molar-refractivity contribution in [2.24, 2.45) is 0 Å². The number of thioether (sulfide) groups is 1. The molecule has 0 atom stereocenters. The number of nitrogens with zero attached hydrogens (tertiary/aromatic N) is 4. The van der Waals surface area contributed by atoms with E-state index < -0.39 is 0 Å².